The van der Waals surface area contributed by atoms with Gasteiger partial charge in [0.05, 0.1) is 13.2 Å². The van der Waals surface area contributed by atoms with E-state index in [4.69, 9.17) is 5.11 Å². The summed E-state index contributed by atoms with van der Waals surface area (Å²) >= 11 is 0. The quantitative estimate of drug-likeness (QED) is 0.902. The summed E-state index contributed by atoms with van der Waals surface area (Å²) in [4.78, 5) is 6.01. The number of aliphatic hydroxyl groups is 1. The van der Waals surface area contributed by atoms with Crippen molar-refractivity contribution in [2.24, 2.45) is 0 Å². The molecule has 6 nitrogen and oxygen atoms in total. The SMILES string of the molecule is OCc1ccc(N2CCn3c(nnc3C(F)(F)F)C2)nc1. The first-order valence-electron chi connectivity index (χ1n) is 6.29. The highest BCUT2D eigenvalue weighted by molar-refractivity contribution is 5.40. The van der Waals surface area contributed by atoms with Crippen LogP contribution >= 0.6 is 0 Å². The van der Waals surface area contributed by atoms with E-state index < -0.39 is 12.0 Å². The van der Waals surface area contributed by atoms with E-state index in [0.717, 1.165) is 4.57 Å². The number of hydrogen-bond acceptors (Lipinski definition) is 5. The zero-order valence-corrected chi connectivity index (χ0v) is 10.9. The van der Waals surface area contributed by atoms with Crippen LogP contribution in [-0.4, -0.2) is 31.4 Å². The summed E-state index contributed by atoms with van der Waals surface area (Å²) in [5, 5.41) is 15.8. The molecule has 0 amide bonds. The Morgan fingerprint density at radius 1 is 1.19 bits per heavy atom. The highest BCUT2D eigenvalue weighted by atomic mass is 19.4. The minimum absolute atomic E-state index is 0.101. The van der Waals surface area contributed by atoms with Crippen LogP contribution in [0.2, 0.25) is 0 Å². The molecule has 0 aliphatic carbocycles. The molecule has 0 radical (unpaired) electrons. The maximum Gasteiger partial charge on any atom is 0.451 e. The number of fused-ring (bicyclic) bond motifs is 1. The number of pyridine rings is 1. The van der Waals surface area contributed by atoms with Crippen molar-refractivity contribution in [2.75, 3.05) is 11.4 Å². The lowest BCUT2D eigenvalue weighted by atomic mass is 10.2. The molecule has 0 spiro atoms. The van der Waals surface area contributed by atoms with Gasteiger partial charge in [-0.25, -0.2) is 4.98 Å². The smallest absolute Gasteiger partial charge is 0.392 e. The minimum atomic E-state index is -4.49. The number of rotatable bonds is 2. The second-order valence-electron chi connectivity index (χ2n) is 4.69. The highest BCUT2D eigenvalue weighted by Gasteiger charge is 2.39. The zero-order valence-electron chi connectivity index (χ0n) is 10.9. The molecule has 21 heavy (non-hydrogen) atoms. The summed E-state index contributed by atoms with van der Waals surface area (Å²) in [6.45, 7) is 0.658. The van der Waals surface area contributed by atoms with Crippen LogP contribution in [0.4, 0.5) is 19.0 Å². The van der Waals surface area contributed by atoms with Crippen LogP contribution in [0.3, 0.4) is 0 Å². The fourth-order valence-corrected chi connectivity index (χ4v) is 2.26. The normalized spacial score (nSPS) is 15.1. The van der Waals surface area contributed by atoms with Crippen LogP contribution in [-0.2, 0) is 25.9 Å². The Hall–Kier alpha value is -2.16. The average Bonchev–Trinajstić information content (AvgIpc) is 2.90. The van der Waals surface area contributed by atoms with Crippen LogP contribution in [0, 0.1) is 0 Å². The van der Waals surface area contributed by atoms with Gasteiger partial charge in [0.25, 0.3) is 0 Å². The van der Waals surface area contributed by atoms with E-state index in [1.807, 2.05) is 4.90 Å². The Morgan fingerprint density at radius 2 is 2.00 bits per heavy atom. The Morgan fingerprint density at radius 3 is 2.62 bits per heavy atom. The molecule has 0 bridgehead atoms. The van der Waals surface area contributed by atoms with Crippen molar-refractivity contribution < 1.29 is 18.3 Å². The Labute approximate surface area is 117 Å². The molecular weight excluding hydrogens is 287 g/mol. The molecule has 0 saturated carbocycles. The van der Waals surface area contributed by atoms with Crippen LogP contribution in [0.15, 0.2) is 18.3 Å². The number of nitrogens with zero attached hydrogens (tertiary/aromatic N) is 5. The van der Waals surface area contributed by atoms with Gasteiger partial charge in [0, 0.05) is 19.3 Å². The number of alkyl halides is 3. The van der Waals surface area contributed by atoms with Gasteiger partial charge in [0.15, 0.2) is 5.82 Å². The van der Waals surface area contributed by atoms with E-state index >= 15 is 0 Å². The first-order chi connectivity index (χ1) is 9.99. The first-order valence-corrected chi connectivity index (χ1v) is 6.29. The number of halogens is 3. The predicted octanol–water partition coefficient (Wildman–Crippen LogP) is 1.20. The van der Waals surface area contributed by atoms with E-state index in [0.29, 0.717) is 17.9 Å². The van der Waals surface area contributed by atoms with Gasteiger partial charge in [0.2, 0.25) is 5.82 Å². The van der Waals surface area contributed by atoms with Crippen molar-refractivity contribution in [3.05, 3.63) is 35.5 Å². The highest BCUT2D eigenvalue weighted by Crippen LogP contribution is 2.30. The summed E-state index contributed by atoms with van der Waals surface area (Å²) in [6.07, 6.45) is -2.95. The van der Waals surface area contributed by atoms with Crippen molar-refractivity contribution in [1.82, 2.24) is 19.7 Å². The fourth-order valence-electron chi connectivity index (χ4n) is 2.26. The minimum Gasteiger partial charge on any atom is -0.392 e. The van der Waals surface area contributed by atoms with E-state index in [9.17, 15) is 13.2 Å². The molecule has 3 rings (SSSR count). The molecule has 0 saturated heterocycles. The van der Waals surface area contributed by atoms with Crippen molar-refractivity contribution in [3.63, 3.8) is 0 Å². The molecule has 0 fully saturated rings. The van der Waals surface area contributed by atoms with Crippen molar-refractivity contribution >= 4 is 5.82 Å². The molecule has 2 aromatic heterocycles. The molecule has 2 aromatic rings. The third kappa shape index (κ3) is 2.56. The van der Waals surface area contributed by atoms with Gasteiger partial charge in [-0.2, -0.15) is 13.2 Å². The van der Waals surface area contributed by atoms with Gasteiger partial charge < -0.3 is 14.6 Å². The van der Waals surface area contributed by atoms with Gasteiger partial charge in [0.1, 0.15) is 5.82 Å². The van der Waals surface area contributed by atoms with E-state index in [2.05, 4.69) is 15.2 Å². The maximum atomic E-state index is 12.7. The third-order valence-electron chi connectivity index (χ3n) is 3.32. The molecule has 1 N–H and O–H groups in total. The summed E-state index contributed by atoms with van der Waals surface area (Å²) in [6, 6.07) is 3.45. The summed E-state index contributed by atoms with van der Waals surface area (Å²) in [5.41, 5.74) is 0.679. The van der Waals surface area contributed by atoms with Gasteiger partial charge in [-0.15, -0.1) is 10.2 Å². The molecule has 1 aliphatic rings. The first kappa shape index (κ1) is 13.8. The molecule has 0 atom stereocenters. The van der Waals surface area contributed by atoms with Crippen LogP contribution < -0.4 is 4.90 Å². The number of hydrogen-bond donors (Lipinski definition) is 1. The lowest BCUT2D eigenvalue weighted by molar-refractivity contribution is -0.147. The topological polar surface area (TPSA) is 67.1 Å². The van der Waals surface area contributed by atoms with Crippen LogP contribution in [0.5, 0.6) is 0 Å². The second kappa shape index (κ2) is 4.99. The molecule has 3 heterocycles. The molecule has 112 valence electrons. The third-order valence-corrected chi connectivity index (χ3v) is 3.32. The molecular formula is C12H12F3N5O. The van der Waals surface area contributed by atoms with Crippen molar-refractivity contribution in [1.29, 1.82) is 0 Å². The standard InChI is InChI=1S/C12H12F3N5O/c13-12(14,15)11-18-17-10-6-19(3-4-20(10)11)9-2-1-8(7-21)5-16-9/h1-2,5,21H,3-4,6-7H2. The molecule has 0 unspecified atom stereocenters. The number of anilines is 1. The van der Waals surface area contributed by atoms with Gasteiger partial charge in [-0.3, -0.25) is 0 Å². The average molecular weight is 299 g/mol. The number of aliphatic hydroxyl groups excluding tert-OH is 1. The van der Waals surface area contributed by atoms with E-state index in [1.165, 1.54) is 6.20 Å². The van der Waals surface area contributed by atoms with E-state index in [-0.39, 0.29) is 25.5 Å². The van der Waals surface area contributed by atoms with E-state index in [1.54, 1.807) is 12.1 Å². The van der Waals surface area contributed by atoms with Crippen LogP contribution in [0.25, 0.3) is 0 Å². The summed E-state index contributed by atoms with van der Waals surface area (Å²) in [5.74, 6) is -0.0580. The van der Waals surface area contributed by atoms with Gasteiger partial charge in [-0.1, -0.05) is 6.07 Å². The molecule has 0 aromatic carbocycles. The van der Waals surface area contributed by atoms with Crippen molar-refractivity contribution in [2.45, 2.75) is 25.9 Å². The predicted molar refractivity (Wildman–Crippen MR) is 66.2 cm³/mol. The molecule has 1 aliphatic heterocycles. The molecule has 9 heteroatoms. The Kier molecular flexibility index (Phi) is 3.28. The lowest BCUT2D eigenvalue weighted by Crippen LogP contribution is -2.35. The van der Waals surface area contributed by atoms with Gasteiger partial charge in [-0.05, 0) is 11.6 Å². The van der Waals surface area contributed by atoms with Crippen molar-refractivity contribution in [3.8, 4) is 0 Å². The number of aromatic nitrogens is 4. The fraction of sp³-hybridized carbons (Fsp3) is 0.417. The summed E-state index contributed by atoms with van der Waals surface area (Å²) in [7, 11) is 0. The lowest BCUT2D eigenvalue weighted by Gasteiger charge is -2.28. The monoisotopic (exact) mass is 299 g/mol. The Balaban J connectivity index is 1.83. The van der Waals surface area contributed by atoms with Crippen LogP contribution in [0.1, 0.15) is 17.2 Å². The summed E-state index contributed by atoms with van der Waals surface area (Å²) < 4.78 is 39.3. The van der Waals surface area contributed by atoms with Gasteiger partial charge >= 0.3 is 6.18 Å². The Bertz CT molecular complexity index is 637. The largest absolute Gasteiger partial charge is 0.451 e. The second-order valence-corrected chi connectivity index (χ2v) is 4.69. The zero-order chi connectivity index (χ0) is 15.0. The maximum absolute atomic E-state index is 12.7.